The number of aliphatic carboxylic acids is 1. The number of rotatable bonds is 3. The average molecular weight is 254 g/mol. The highest BCUT2D eigenvalue weighted by Gasteiger charge is 1.84. The molecule has 0 radical (unpaired) electrons. The van der Waals surface area contributed by atoms with Gasteiger partial charge in [-0.3, -0.25) is 4.79 Å². The van der Waals surface area contributed by atoms with Crippen molar-refractivity contribution in [3.05, 3.63) is 71.8 Å². The Morgan fingerprint density at radius 3 is 1.37 bits per heavy atom. The van der Waals surface area contributed by atoms with E-state index in [4.69, 9.17) is 14.7 Å². The predicted molar refractivity (Wildman–Crippen MR) is 75.5 cm³/mol. The lowest BCUT2D eigenvalue weighted by Crippen LogP contribution is -1.91. The van der Waals surface area contributed by atoms with Gasteiger partial charge in [0, 0.05) is 0 Å². The summed E-state index contributed by atoms with van der Waals surface area (Å²) in [6.07, 6.45) is 4.07. The molecular weight excluding hydrogens is 240 g/mol. The molecule has 0 spiro atoms. The van der Waals surface area contributed by atoms with Gasteiger partial charge in [0.25, 0.3) is 0 Å². The summed E-state index contributed by atoms with van der Waals surface area (Å²) in [5.74, 6) is -1.43. The molecule has 19 heavy (non-hydrogen) atoms. The molecule has 0 saturated heterocycles. The molecule has 1 N–H and O–H groups in total. The van der Waals surface area contributed by atoms with Crippen molar-refractivity contribution in [2.45, 2.75) is 0 Å². The number of carboxylic acids is 1. The van der Waals surface area contributed by atoms with Crippen LogP contribution >= 0.6 is 0 Å². The van der Waals surface area contributed by atoms with Gasteiger partial charge in [0.05, 0.1) is 0 Å². The number of benzene rings is 2. The number of hydrogen-bond donors (Lipinski definition) is 1. The summed E-state index contributed by atoms with van der Waals surface area (Å²) in [5.41, 5.74) is 2.47. The SMILES string of the molecule is C(=Cc1ccccc1)c1ccccc1.O=CC(=O)O. The largest absolute Gasteiger partial charge is 0.476 e. The van der Waals surface area contributed by atoms with Crippen LogP contribution in [0.3, 0.4) is 0 Å². The first-order valence-corrected chi connectivity index (χ1v) is 5.68. The van der Waals surface area contributed by atoms with Gasteiger partial charge in [-0.1, -0.05) is 72.8 Å². The molecule has 96 valence electrons. The van der Waals surface area contributed by atoms with Crippen LogP contribution in [0.15, 0.2) is 60.7 Å². The van der Waals surface area contributed by atoms with Crippen molar-refractivity contribution in [2.75, 3.05) is 0 Å². The molecule has 0 bridgehead atoms. The zero-order chi connectivity index (χ0) is 13.9. The van der Waals surface area contributed by atoms with Crippen molar-refractivity contribution >= 4 is 24.4 Å². The molecule has 0 amide bonds. The first kappa shape index (κ1) is 14.4. The fourth-order valence-electron chi connectivity index (χ4n) is 1.32. The summed E-state index contributed by atoms with van der Waals surface area (Å²) in [5, 5.41) is 7.35. The second kappa shape index (κ2) is 8.42. The van der Waals surface area contributed by atoms with Gasteiger partial charge in [-0.15, -0.1) is 0 Å². The fraction of sp³-hybridized carbons (Fsp3) is 0. The number of carboxylic acid groups (broad SMARTS) is 1. The van der Waals surface area contributed by atoms with E-state index in [0.717, 1.165) is 0 Å². The molecule has 0 atom stereocenters. The van der Waals surface area contributed by atoms with Crippen molar-refractivity contribution in [1.82, 2.24) is 0 Å². The maximum absolute atomic E-state index is 9.00. The van der Waals surface area contributed by atoms with E-state index < -0.39 is 5.97 Å². The summed E-state index contributed by atoms with van der Waals surface area (Å²) in [7, 11) is 0. The number of carbonyl (C=O) groups is 2. The van der Waals surface area contributed by atoms with Crippen LogP contribution in [-0.4, -0.2) is 17.4 Å². The van der Waals surface area contributed by atoms with E-state index in [2.05, 4.69) is 36.4 Å². The first-order chi connectivity index (χ1) is 9.22. The Kier molecular flexibility index (Phi) is 6.37. The highest BCUT2D eigenvalue weighted by molar-refractivity contribution is 6.19. The summed E-state index contributed by atoms with van der Waals surface area (Å²) < 4.78 is 0. The van der Waals surface area contributed by atoms with E-state index in [9.17, 15) is 0 Å². The van der Waals surface area contributed by atoms with E-state index in [0.29, 0.717) is 0 Å². The Morgan fingerprint density at radius 2 is 1.11 bits per heavy atom. The van der Waals surface area contributed by atoms with Crippen LogP contribution < -0.4 is 0 Å². The van der Waals surface area contributed by atoms with E-state index in [1.54, 1.807) is 0 Å². The Hall–Kier alpha value is -2.68. The van der Waals surface area contributed by atoms with Crippen LogP contribution in [-0.2, 0) is 9.59 Å². The first-order valence-electron chi connectivity index (χ1n) is 5.68. The zero-order valence-corrected chi connectivity index (χ0v) is 10.3. The highest BCUT2D eigenvalue weighted by atomic mass is 16.4. The Balaban J connectivity index is 0.000000312. The molecule has 3 heteroatoms. The van der Waals surface area contributed by atoms with Gasteiger partial charge < -0.3 is 5.11 Å². The minimum atomic E-state index is -1.43. The average Bonchev–Trinajstić information content (AvgIpc) is 2.48. The van der Waals surface area contributed by atoms with Gasteiger partial charge in [-0.05, 0) is 11.1 Å². The van der Waals surface area contributed by atoms with Crippen molar-refractivity contribution in [1.29, 1.82) is 0 Å². The van der Waals surface area contributed by atoms with Gasteiger partial charge >= 0.3 is 5.97 Å². The smallest absolute Gasteiger partial charge is 0.368 e. The van der Waals surface area contributed by atoms with Gasteiger partial charge in [0.1, 0.15) is 0 Å². The number of hydrogen-bond acceptors (Lipinski definition) is 2. The van der Waals surface area contributed by atoms with Crippen LogP contribution in [0.25, 0.3) is 12.2 Å². The Morgan fingerprint density at radius 1 is 0.789 bits per heavy atom. The molecule has 0 fully saturated rings. The number of aldehydes is 1. The van der Waals surface area contributed by atoms with Crippen LogP contribution in [0.5, 0.6) is 0 Å². The molecule has 0 aromatic heterocycles. The van der Waals surface area contributed by atoms with Crippen molar-refractivity contribution in [3.63, 3.8) is 0 Å². The Labute approximate surface area is 111 Å². The number of carbonyl (C=O) groups excluding carboxylic acids is 1. The van der Waals surface area contributed by atoms with E-state index in [1.807, 2.05) is 36.4 Å². The normalized spacial score (nSPS) is 9.47. The second-order valence-electron chi connectivity index (χ2n) is 3.61. The summed E-state index contributed by atoms with van der Waals surface area (Å²) >= 11 is 0. The van der Waals surface area contributed by atoms with E-state index in [1.165, 1.54) is 11.1 Å². The zero-order valence-electron chi connectivity index (χ0n) is 10.3. The standard InChI is InChI=1S/C14H12.C2H2O3/c1-3-7-13(8-4-1)11-12-14-9-5-2-6-10-14;3-1-2(4)5/h1-12H;1H,(H,4,5). The van der Waals surface area contributed by atoms with Gasteiger partial charge in [-0.2, -0.15) is 0 Å². The molecule has 2 aromatic carbocycles. The predicted octanol–water partition coefficient (Wildman–Crippen LogP) is 3.13. The quantitative estimate of drug-likeness (QED) is 0.520. The molecule has 0 aliphatic heterocycles. The minimum Gasteiger partial charge on any atom is -0.476 e. The fourth-order valence-corrected chi connectivity index (χ4v) is 1.32. The topological polar surface area (TPSA) is 54.4 Å². The third-order valence-electron chi connectivity index (χ3n) is 2.17. The molecule has 0 aliphatic rings. The highest BCUT2D eigenvalue weighted by Crippen LogP contribution is 2.06. The monoisotopic (exact) mass is 254 g/mol. The van der Waals surface area contributed by atoms with Crippen LogP contribution in [0, 0.1) is 0 Å². The molecule has 2 rings (SSSR count). The maximum atomic E-state index is 9.00. The van der Waals surface area contributed by atoms with Gasteiger partial charge in [-0.25, -0.2) is 4.79 Å². The third-order valence-corrected chi connectivity index (χ3v) is 2.17. The lowest BCUT2D eigenvalue weighted by Gasteiger charge is -1.92. The lowest BCUT2D eigenvalue weighted by atomic mass is 10.1. The van der Waals surface area contributed by atoms with Gasteiger partial charge in [0.15, 0.2) is 0 Å². The van der Waals surface area contributed by atoms with Crippen molar-refractivity contribution in [3.8, 4) is 0 Å². The van der Waals surface area contributed by atoms with Crippen LogP contribution in [0.2, 0.25) is 0 Å². The van der Waals surface area contributed by atoms with Crippen LogP contribution in [0.4, 0.5) is 0 Å². The van der Waals surface area contributed by atoms with E-state index in [-0.39, 0.29) is 6.29 Å². The molecule has 0 heterocycles. The maximum Gasteiger partial charge on any atom is 0.368 e. The lowest BCUT2D eigenvalue weighted by molar-refractivity contribution is -0.143. The molecule has 0 aliphatic carbocycles. The van der Waals surface area contributed by atoms with Gasteiger partial charge in [0.2, 0.25) is 6.29 Å². The van der Waals surface area contributed by atoms with E-state index >= 15 is 0 Å². The summed E-state index contributed by atoms with van der Waals surface area (Å²) in [4.78, 5) is 17.9. The second-order valence-corrected chi connectivity index (χ2v) is 3.61. The molecule has 0 saturated carbocycles. The summed E-state index contributed by atoms with van der Waals surface area (Å²) in [6.45, 7) is 0. The molecule has 2 aromatic rings. The molecule has 0 unspecified atom stereocenters. The van der Waals surface area contributed by atoms with Crippen molar-refractivity contribution < 1.29 is 14.7 Å². The molecule has 3 nitrogen and oxygen atoms in total. The van der Waals surface area contributed by atoms with Crippen molar-refractivity contribution in [2.24, 2.45) is 0 Å². The van der Waals surface area contributed by atoms with Crippen LogP contribution in [0.1, 0.15) is 11.1 Å². The third kappa shape index (κ3) is 6.58. The minimum absolute atomic E-state index is 0.167. The molecular formula is C16H14O3. The Bertz CT molecular complexity index is 489. The summed E-state index contributed by atoms with van der Waals surface area (Å²) in [6, 6.07) is 20.6.